The molecule has 1 fully saturated rings. The fourth-order valence-electron chi connectivity index (χ4n) is 1.27. The van der Waals surface area contributed by atoms with E-state index >= 15 is 0 Å². The summed E-state index contributed by atoms with van der Waals surface area (Å²) in [6.45, 7) is 0. The van der Waals surface area contributed by atoms with Gasteiger partial charge in [-0.3, -0.25) is 18.3 Å². The van der Waals surface area contributed by atoms with E-state index in [1.165, 1.54) is 0 Å². The number of carbonyl (C=O) groups is 2. The zero-order valence-corrected chi connectivity index (χ0v) is 9.37. The molecule has 0 bridgehead atoms. The molecule has 2 N–H and O–H groups in total. The number of hydrogen-bond donors (Lipinski definition) is 2. The van der Waals surface area contributed by atoms with Crippen LogP contribution in [-0.2, 0) is 9.59 Å². The Morgan fingerprint density at radius 3 is 1.67 bits per heavy atom. The second kappa shape index (κ2) is 3.74. The highest BCUT2D eigenvalue weighted by atomic mass is 79.9. The third kappa shape index (κ3) is 1.37. The van der Waals surface area contributed by atoms with Gasteiger partial charge in [-0.1, -0.05) is 6.42 Å². The van der Waals surface area contributed by atoms with Crippen molar-refractivity contribution in [1.29, 1.82) is 0 Å². The van der Waals surface area contributed by atoms with Crippen molar-refractivity contribution in [2.45, 2.75) is 19.3 Å². The minimum Gasteiger partial charge on any atom is -0.292 e. The van der Waals surface area contributed by atoms with Crippen molar-refractivity contribution in [1.82, 2.24) is 8.69 Å². The zero-order chi connectivity index (χ0) is 9.19. The van der Waals surface area contributed by atoms with Gasteiger partial charge in [0.1, 0.15) is 5.41 Å². The average molecular weight is 300 g/mol. The van der Waals surface area contributed by atoms with Gasteiger partial charge in [0.15, 0.2) is 0 Å². The molecule has 1 aliphatic rings. The molecule has 0 aromatic heterocycles. The number of hydrogen-bond acceptors (Lipinski definition) is 2. The van der Waals surface area contributed by atoms with Gasteiger partial charge in [-0.2, -0.15) is 0 Å². The van der Waals surface area contributed by atoms with Crippen LogP contribution in [0.3, 0.4) is 0 Å². The second-order valence-corrected chi connectivity index (χ2v) is 3.58. The summed E-state index contributed by atoms with van der Waals surface area (Å²) in [7, 11) is 0. The summed E-state index contributed by atoms with van der Waals surface area (Å²) in [6.07, 6.45) is 2.14. The van der Waals surface area contributed by atoms with E-state index in [1.54, 1.807) is 0 Å². The largest absolute Gasteiger partial charge is 0.292 e. The molecule has 0 atom stereocenters. The summed E-state index contributed by atoms with van der Waals surface area (Å²) in [4.78, 5) is 22.6. The van der Waals surface area contributed by atoms with Gasteiger partial charge < -0.3 is 0 Å². The van der Waals surface area contributed by atoms with Gasteiger partial charge >= 0.3 is 0 Å². The van der Waals surface area contributed by atoms with Crippen LogP contribution in [0.1, 0.15) is 19.3 Å². The van der Waals surface area contributed by atoms with Crippen molar-refractivity contribution in [3.05, 3.63) is 0 Å². The molecule has 0 spiro atoms. The van der Waals surface area contributed by atoms with Crippen molar-refractivity contribution in [3.63, 3.8) is 0 Å². The smallest absolute Gasteiger partial charge is 0.245 e. The van der Waals surface area contributed by atoms with Crippen LogP contribution in [0.25, 0.3) is 0 Å². The van der Waals surface area contributed by atoms with Crippen LogP contribution >= 0.6 is 32.3 Å². The van der Waals surface area contributed by atoms with Crippen LogP contribution in [0.15, 0.2) is 0 Å². The number of carbonyl (C=O) groups excluding carboxylic acids is 2. The quantitative estimate of drug-likeness (QED) is 0.590. The van der Waals surface area contributed by atoms with Crippen LogP contribution in [0.2, 0.25) is 0 Å². The van der Waals surface area contributed by atoms with Gasteiger partial charge in [-0.25, -0.2) is 0 Å². The number of rotatable bonds is 2. The topological polar surface area (TPSA) is 58.2 Å². The molecule has 0 aliphatic heterocycles. The molecular formula is C6H8Br2N2O2. The molecule has 68 valence electrons. The number of halogens is 2. The van der Waals surface area contributed by atoms with Crippen LogP contribution in [0, 0.1) is 5.41 Å². The van der Waals surface area contributed by atoms with Crippen LogP contribution < -0.4 is 8.69 Å². The summed E-state index contributed by atoms with van der Waals surface area (Å²) in [5.41, 5.74) is -0.854. The van der Waals surface area contributed by atoms with E-state index in [1.807, 2.05) is 0 Å². The molecule has 12 heavy (non-hydrogen) atoms. The predicted molar refractivity (Wildman–Crippen MR) is 50.4 cm³/mol. The van der Waals surface area contributed by atoms with E-state index in [4.69, 9.17) is 0 Å². The molecule has 4 nitrogen and oxygen atoms in total. The highest BCUT2D eigenvalue weighted by Crippen LogP contribution is 2.41. The zero-order valence-electron chi connectivity index (χ0n) is 6.19. The van der Waals surface area contributed by atoms with Crippen molar-refractivity contribution in [2.75, 3.05) is 0 Å². The highest BCUT2D eigenvalue weighted by Gasteiger charge is 2.50. The molecule has 1 aliphatic carbocycles. The Bertz CT molecular complexity index is 198. The van der Waals surface area contributed by atoms with Gasteiger partial charge in [-0.15, -0.1) is 0 Å². The molecule has 6 heteroatoms. The Morgan fingerprint density at radius 1 is 1.08 bits per heavy atom. The number of amides is 2. The lowest BCUT2D eigenvalue weighted by molar-refractivity contribution is -0.146. The summed E-state index contributed by atoms with van der Waals surface area (Å²) in [5.74, 6) is -0.545. The summed E-state index contributed by atoms with van der Waals surface area (Å²) >= 11 is 5.66. The first-order valence-corrected chi connectivity index (χ1v) is 5.08. The maximum Gasteiger partial charge on any atom is 0.245 e. The first kappa shape index (κ1) is 9.98. The van der Waals surface area contributed by atoms with Gasteiger partial charge in [0.25, 0.3) is 0 Å². The Balaban J connectivity index is 2.75. The summed E-state index contributed by atoms with van der Waals surface area (Å²) in [6, 6.07) is 0. The molecule has 0 heterocycles. The minimum absolute atomic E-state index is 0.272. The molecule has 2 amide bonds. The SMILES string of the molecule is O=C(NBr)C1(C(=O)NBr)CCC1. The average Bonchev–Trinajstić information content (AvgIpc) is 2.01. The monoisotopic (exact) mass is 298 g/mol. The summed E-state index contributed by atoms with van der Waals surface area (Å²) < 4.78 is 4.63. The van der Waals surface area contributed by atoms with E-state index in [0.29, 0.717) is 12.8 Å². The highest BCUT2D eigenvalue weighted by molar-refractivity contribution is 9.08. The van der Waals surface area contributed by atoms with E-state index in [-0.39, 0.29) is 11.8 Å². The number of nitrogens with one attached hydrogen (secondary N) is 2. The van der Waals surface area contributed by atoms with Crippen LogP contribution in [-0.4, -0.2) is 11.8 Å². The van der Waals surface area contributed by atoms with Gasteiger partial charge in [0, 0.05) is 32.3 Å². The van der Waals surface area contributed by atoms with E-state index in [2.05, 4.69) is 41.0 Å². The van der Waals surface area contributed by atoms with Crippen molar-refractivity contribution in [2.24, 2.45) is 5.41 Å². The standard InChI is InChI=1S/C6H8Br2N2O2/c7-9-4(11)6(2-1-3-6)5(12)10-8/h1-3H2,(H,9,11)(H,10,12). The lowest BCUT2D eigenvalue weighted by atomic mass is 9.68. The lowest BCUT2D eigenvalue weighted by Gasteiger charge is -2.36. The van der Waals surface area contributed by atoms with Gasteiger partial charge in [-0.05, 0) is 12.8 Å². The van der Waals surface area contributed by atoms with Gasteiger partial charge in [0.2, 0.25) is 11.8 Å². The molecule has 0 saturated heterocycles. The maximum atomic E-state index is 11.3. The predicted octanol–water partition coefficient (Wildman–Crippen LogP) is 1.01. The van der Waals surface area contributed by atoms with E-state index in [0.717, 1.165) is 6.42 Å². The molecule has 0 radical (unpaired) electrons. The lowest BCUT2D eigenvalue weighted by Crippen LogP contribution is -2.51. The van der Waals surface area contributed by atoms with E-state index in [9.17, 15) is 9.59 Å². The fourth-order valence-corrected chi connectivity index (χ4v) is 2.03. The van der Waals surface area contributed by atoms with Crippen molar-refractivity contribution in [3.8, 4) is 0 Å². The Morgan fingerprint density at radius 2 is 1.50 bits per heavy atom. The molecular weight excluding hydrogens is 292 g/mol. The Labute approximate surface area is 87.1 Å². The molecule has 0 unspecified atom stereocenters. The molecule has 0 aromatic carbocycles. The van der Waals surface area contributed by atoms with Crippen molar-refractivity contribution < 1.29 is 9.59 Å². The summed E-state index contributed by atoms with van der Waals surface area (Å²) in [5, 5.41) is 0. The Kier molecular flexibility index (Phi) is 3.11. The third-order valence-corrected chi connectivity index (χ3v) is 2.97. The first-order valence-electron chi connectivity index (χ1n) is 3.49. The van der Waals surface area contributed by atoms with Crippen molar-refractivity contribution >= 4 is 44.1 Å². The molecule has 0 aromatic rings. The first-order chi connectivity index (χ1) is 5.67. The van der Waals surface area contributed by atoms with Crippen LogP contribution in [0.5, 0.6) is 0 Å². The fraction of sp³-hybridized carbons (Fsp3) is 0.667. The normalized spacial score (nSPS) is 19.2. The second-order valence-electron chi connectivity index (χ2n) is 2.78. The van der Waals surface area contributed by atoms with E-state index < -0.39 is 5.41 Å². The van der Waals surface area contributed by atoms with Gasteiger partial charge in [0.05, 0.1) is 0 Å². The molecule has 1 rings (SSSR count). The third-order valence-electron chi connectivity index (χ3n) is 2.25. The minimum atomic E-state index is -0.854. The Hall–Kier alpha value is -0.100. The maximum absolute atomic E-state index is 11.3. The molecule has 1 saturated carbocycles. The van der Waals surface area contributed by atoms with Crippen LogP contribution in [0.4, 0.5) is 0 Å².